The van der Waals surface area contributed by atoms with Crippen LogP contribution >= 0.6 is 0 Å². The number of ketones is 1. The van der Waals surface area contributed by atoms with Gasteiger partial charge in [-0.1, -0.05) is 12.8 Å². The average molecular weight is 228 g/mol. The predicted molar refractivity (Wildman–Crippen MR) is 66.4 cm³/mol. The molecule has 2 aromatic heterocycles. The molecule has 1 fully saturated rings. The lowest BCUT2D eigenvalue weighted by Crippen LogP contribution is -2.02. The van der Waals surface area contributed by atoms with Gasteiger partial charge in [-0.25, -0.2) is 4.98 Å². The number of carbonyl (C=O) groups excluding carboxylic acids is 1. The van der Waals surface area contributed by atoms with Crippen LogP contribution < -0.4 is 0 Å². The molecule has 0 bridgehead atoms. The minimum atomic E-state index is 0.105. The van der Waals surface area contributed by atoms with Crippen LogP contribution in [0, 0.1) is 0 Å². The lowest BCUT2D eigenvalue weighted by atomic mass is 10.1. The van der Waals surface area contributed by atoms with E-state index in [-0.39, 0.29) is 5.78 Å². The number of aromatic nitrogens is 2. The summed E-state index contributed by atoms with van der Waals surface area (Å²) in [5.74, 6) is 1.80. The van der Waals surface area contributed by atoms with Gasteiger partial charge in [-0.3, -0.25) is 4.79 Å². The van der Waals surface area contributed by atoms with Crippen LogP contribution in [0.5, 0.6) is 0 Å². The maximum absolute atomic E-state index is 11.5. The van der Waals surface area contributed by atoms with Crippen molar-refractivity contribution in [1.82, 2.24) is 9.38 Å². The van der Waals surface area contributed by atoms with E-state index in [0.717, 1.165) is 16.9 Å². The fraction of sp³-hybridized carbons (Fsp3) is 0.429. The van der Waals surface area contributed by atoms with E-state index >= 15 is 0 Å². The molecule has 3 nitrogen and oxygen atoms in total. The van der Waals surface area contributed by atoms with Crippen molar-refractivity contribution in [2.45, 2.75) is 38.5 Å². The number of fused-ring (bicyclic) bond motifs is 1. The minimum Gasteiger partial charge on any atom is -0.303 e. The number of carbonyl (C=O) groups is 1. The zero-order valence-electron chi connectivity index (χ0n) is 10.0. The molecule has 0 unspecified atom stereocenters. The van der Waals surface area contributed by atoms with Gasteiger partial charge in [0.15, 0.2) is 5.78 Å². The summed E-state index contributed by atoms with van der Waals surface area (Å²) in [6, 6.07) is 3.81. The summed E-state index contributed by atoms with van der Waals surface area (Å²) in [6.07, 6.45) is 8.90. The summed E-state index contributed by atoms with van der Waals surface area (Å²) in [7, 11) is 0. The maximum atomic E-state index is 11.5. The van der Waals surface area contributed by atoms with E-state index < -0.39 is 0 Å². The molecule has 0 N–H and O–H groups in total. The molecular formula is C14H16N2O. The first-order chi connectivity index (χ1) is 8.27. The van der Waals surface area contributed by atoms with Crippen molar-refractivity contribution in [3.8, 4) is 0 Å². The lowest BCUT2D eigenvalue weighted by molar-refractivity contribution is 0.101. The smallest absolute Gasteiger partial charge is 0.161 e. The van der Waals surface area contributed by atoms with Gasteiger partial charge in [-0.2, -0.15) is 0 Å². The first-order valence-electron chi connectivity index (χ1n) is 6.24. The summed E-state index contributed by atoms with van der Waals surface area (Å²) < 4.78 is 2.09. The Morgan fingerprint density at radius 2 is 2.18 bits per heavy atom. The number of hydrogen-bond donors (Lipinski definition) is 0. The summed E-state index contributed by atoms with van der Waals surface area (Å²) in [5, 5.41) is 0. The Morgan fingerprint density at radius 1 is 1.41 bits per heavy atom. The largest absolute Gasteiger partial charge is 0.303 e. The van der Waals surface area contributed by atoms with Crippen LogP contribution in [0.3, 0.4) is 0 Å². The second kappa shape index (κ2) is 3.99. The van der Waals surface area contributed by atoms with E-state index in [9.17, 15) is 4.79 Å². The van der Waals surface area contributed by atoms with Crippen molar-refractivity contribution < 1.29 is 4.79 Å². The molecule has 0 aromatic carbocycles. The molecule has 0 saturated heterocycles. The Bertz CT molecular complexity index is 565. The van der Waals surface area contributed by atoms with E-state index in [4.69, 9.17) is 0 Å². The zero-order valence-corrected chi connectivity index (χ0v) is 10.0. The molecule has 3 heteroatoms. The molecule has 0 spiro atoms. The van der Waals surface area contributed by atoms with Crippen molar-refractivity contribution in [2.75, 3.05) is 0 Å². The van der Waals surface area contributed by atoms with Crippen LogP contribution in [0.15, 0.2) is 24.5 Å². The average Bonchev–Trinajstić information content (AvgIpc) is 2.96. The van der Waals surface area contributed by atoms with Crippen LogP contribution in [-0.4, -0.2) is 15.2 Å². The van der Waals surface area contributed by atoms with E-state index in [2.05, 4.69) is 9.38 Å². The molecule has 2 aromatic rings. The van der Waals surface area contributed by atoms with E-state index in [1.165, 1.54) is 25.7 Å². The topological polar surface area (TPSA) is 34.4 Å². The molecular weight excluding hydrogens is 212 g/mol. The van der Waals surface area contributed by atoms with Gasteiger partial charge in [0.1, 0.15) is 5.82 Å². The number of pyridine rings is 1. The second-order valence-corrected chi connectivity index (χ2v) is 4.83. The predicted octanol–water partition coefficient (Wildman–Crippen LogP) is 3.19. The lowest BCUT2D eigenvalue weighted by Gasteiger charge is -2.08. The first kappa shape index (κ1) is 10.5. The van der Waals surface area contributed by atoms with Crippen LogP contribution in [-0.2, 0) is 0 Å². The molecule has 88 valence electrons. The van der Waals surface area contributed by atoms with Gasteiger partial charge in [-0.05, 0) is 31.9 Å². The molecule has 0 aliphatic heterocycles. The molecule has 0 amide bonds. The third kappa shape index (κ3) is 1.66. The van der Waals surface area contributed by atoms with Gasteiger partial charge in [0.2, 0.25) is 0 Å². The van der Waals surface area contributed by atoms with Crippen molar-refractivity contribution in [2.24, 2.45) is 0 Å². The number of Topliss-reactive ketones (excluding diaryl/α,β-unsaturated/α-hetero) is 1. The Labute approximate surface area is 100 Å². The zero-order chi connectivity index (χ0) is 11.8. The van der Waals surface area contributed by atoms with Gasteiger partial charge < -0.3 is 4.40 Å². The Balaban J connectivity index is 2.15. The van der Waals surface area contributed by atoms with Gasteiger partial charge >= 0.3 is 0 Å². The standard InChI is InChI=1S/C14H16N2O/c1-10(17)12-7-4-8-16-13(12)9-15-14(16)11-5-2-3-6-11/h4,7-9,11H,2-3,5-6H2,1H3. The fourth-order valence-corrected chi connectivity index (χ4v) is 2.83. The van der Waals surface area contributed by atoms with Gasteiger partial charge in [0, 0.05) is 17.7 Å². The molecule has 1 aliphatic rings. The van der Waals surface area contributed by atoms with Crippen molar-refractivity contribution in [3.63, 3.8) is 0 Å². The highest BCUT2D eigenvalue weighted by Gasteiger charge is 2.22. The van der Waals surface area contributed by atoms with Crippen LogP contribution in [0.2, 0.25) is 0 Å². The quantitative estimate of drug-likeness (QED) is 0.740. The third-order valence-corrected chi connectivity index (χ3v) is 3.70. The maximum Gasteiger partial charge on any atom is 0.161 e. The Kier molecular flexibility index (Phi) is 2.46. The Morgan fingerprint density at radius 3 is 2.88 bits per heavy atom. The van der Waals surface area contributed by atoms with Crippen LogP contribution in [0.1, 0.15) is 54.7 Å². The molecule has 1 aliphatic carbocycles. The SMILES string of the molecule is CC(=O)c1cccn2c(C3CCCC3)ncc12. The van der Waals surface area contributed by atoms with Gasteiger partial charge in [0.25, 0.3) is 0 Å². The van der Waals surface area contributed by atoms with Crippen molar-refractivity contribution in [3.05, 3.63) is 35.9 Å². The molecule has 0 radical (unpaired) electrons. The highest BCUT2D eigenvalue weighted by Crippen LogP contribution is 2.33. The number of nitrogens with zero attached hydrogens (tertiary/aromatic N) is 2. The van der Waals surface area contributed by atoms with E-state index in [1.54, 1.807) is 6.92 Å². The molecule has 0 atom stereocenters. The Hall–Kier alpha value is -1.64. The minimum absolute atomic E-state index is 0.105. The second-order valence-electron chi connectivity index (χ2n) is 4.83. The van der Waals surface area contributed by atoms with Crippen molar-refractivity contribution in [1.29, 1.82) is 0 Å². The normalized spacial score (nSPS) is 16.8. The molecule has 3 rings (SSSR count). The summed E-state index contributed by atoms with van der Waals surface area (Å²) in [4.78, 5) is 16.1. The monoisotopic (exact) mass is 228 g/mol. The summed E-state index contributed by atoms with van der Waals surface area (Å²) >= 11 is 0. The first-order valence-corrected chi connectivity index (χ1v) is 6.24. The molecule has 1 saturated carbocycles. The van der Waals surface area contributed by atoms with Crippen molar-refractivity contribution >= 4 is 11.3 Å². The van der Waals surface area contributed by atoms with E-state index in [0.29, 0.717) is 5.92 Å². The van der Waals surface area contributed by atoms with Crippen LogP contribution in [0.4, 0.5) is 0 Å². The van der Waals surface area contributed by atoms with Gasteiger partial charge in [-0.15, -0.1) is 0 Å². The fourth-order valence-electron chi connectivity index (χ4n) is 2.83. The van der Waals surface area contributed by atoms with Gasteiger partial charge in [0.05, 0.1) is 11.7 Å². The molecule has 17 heavy (non-hydrogen) atoms. The summed E-state index contributed by atoms with van der Waals surface area (Å²) in [5.41, 5.74) is 1.71. The molecule has 2 heterocycles. The van der Waals surface area contributed by atoms with Crippen LogP contribution in [0.25, 0.3) is 5.52 Å². The number of rotatable bonds is 2. The highest BCUT2D eigenvalue weighted by atomic mass is 16.1. The van der Waals surface area contributed by atoms with E-state index in [1.807, 2.05) is 24.5 Å². The third-order valence-electron chi connectivity index (χ3n) is 3.70. The highest BCUT2D eigenvalue weighted by molar-refractivity contribution is 6.00. The number of imidazole rings is 1. The summed E-state index contributed by atoms with van der Waals surface area (Å²) in [6.45, 7) is 1.61. The number of hydrogen-bond acceptors (Lipinski definition) is 2.